The quantitative estimate of drug-likeness (QED) is 0.175. The van der Waals surface area contributed by atoms with Crippen LogP contribution in [-0.2, 0) is 4.79 Å². The molecule has 0 aliphatic heterocycles. The van der Waals surface area contributed by atoms with Crippen molar-refractivity contribution in [3.8, 4) is 18.1 Å². The van der Waals surface area contributed by atoms with Gasteiger partial charge in [-0.15, -0.1) is 12.3 Å². The molecule has 0 bridgehead atoms. The highest BCUT2D eigenvalue weighted by Gasteiger charge is 2.15. The monoisotopic (exact) mass is 420 g/mol. The molecule has 1 unspecified atom stereocenters. The predicted octanol–water partition coefficient (Wildman–Crippen LogP) is 5.69. The second-order valence-electron chi connectivity index (χ2n) is 7.60. The van der Waals surface area contributed by atoms with Crippen molar-refractivity contribution in [1.82, 2.24) is 0 Å². The molecule has 0 aromatic heterocycles. The van der Waals surface area contributed by atoms with Crippen LogP contribution in [0.1, 0.15) is 68.3 Å². The minimum atomic E-state index is -0.381. The third-order valence-corrected chi connectivity index (χ3v) is 5.06. The first-order chi connectivity index (χ1) is 14.7. The zero-order valence-electron chi connectivity index (χ0n) is 18.7. The van der Waals surface area contributed by atoms with Gasteiger partial charge in [0.1, 0.15) is 11.5 Å². The van der Waals surface area contributed by atoms with E-state index >= 15 is 0 Å². The highest BCUT2D eigenvalue weighted by atomic mass is 16.5. The maximum Gasteiger partial charge on any atom is 0.209 e. The molecular weight excluding hydrogens is 388 g/mol. The number of unbranched alkanes of at least 4 members (excludes halogenated alkanes) is 1. The lowest BCUT2D eigenvalue weighted by Crippen LogP contribution is -2.11. The zero-order chi connectivity index (χ0) is 23.4. The topological polar surface area (TPSA) is 91.1 Å². The van der Waals surface area contributed by atoms with Crippen LogP contribution in [0.2, 0.25) is 0 Å². The van der Waals surface area contributed by atoms with Gasteiger partial charge in [-0.3, -0.25) is 9.59 Å². The van der Waals surface area contributed by atoms with E-state index in [1.807, 2.05) is 13.0 Å². The van der Waals surface area contributed by atoms with Gasteiger partial charge in [0, 0.05) is 18.1 Å². The summed E-state index contributed by atoms with van der Waals surface area (Å²) >= 11 is 0. The maximum atomic E-state index is 12.4. The maximum absolute atomic E-state index is 12.4. The van der Waals surface area contributed by atoms with E-state index in [4.69, 9.17) is 22.0 Å². The van der Waals surface area contributed by atoms with E-state index in [-0.39, 0.29) is 23.2 Å². The summed E-state index contributed by atoms with van der Waals surface area (Å²) in [7, 11) is 1.48. The Morgan fingerprint density at radius 2 is 2.00 bits per heavy atom. The molecule has 0 fully saturated rings. The van der Waals surface area contributed by atoms with E-state index in [2.05, 4.69) is 12.5 Å². The number of ether oxygens (including phenoxy) is 1. The summed E-state index contributed by atoms with van der Waals surface area (Å²) in [5, 5.41) is 15.3. The number of hydrogen-bond donors (Lipinski definition) is 2. The number of hydrogen-bond acceptors (Lipinski definition) is 5. The summed E-state index contributed by atoms with van der Waals surface area (Å²) in [4.78, 5) is 24.6. The number of carbonyl (C=O) groups is 2. The van der Waals surface area contributed by atoms with Crippen LogP contribution in [0, 0.1) is 29.1 Å². The Hall–Kier alpha value is -3.26. The number of methoxy groups -OCH3 is 1. The smallest absolute Gasteiger partial charge is 0.209 e. The van der Waals surface area contributed by atoms with Gasteiger partial charge >= 0.3 is 0 Å². The van der Waals surface area contributed by atoms with Crippen LogP contribution in [-0.4, -0.2) is 30.1 Å². The number of carbonyl (C=O) groups excluding carboxylic acids is 2. The fourth-order valence-electron chi connectivity index (χ4n) is 3.05. The van der Waals surface area contributed by atoms with Gasteiger partial charge < -0.3 is 15.6 Å². The lowest BCUT2D eigenvalue weighted by Gasteiger charge is -2.10. The van der Waals surface area contributed by atoms with Gasteiger partial charge in [-0.1, -0.05) is 38.1 Å². The molecule has 5 heteroatoms. The summed E-state index contributed by atoms with van der Waals surface area (Å²) in [6, 6.07) is 5.18. The van der Waals surface area contributed by atoms with E-state index in [1.165, 1.54) is 14.0 Å². The molecule has 1 atom stereocenters. The van der Waals surface area contributed by atoms with Crippen molar-refractivity contribution in [1.29, 1.82) is 10.8 Å². The van der Waals surface area contributed by atoms with Gasteiger partial charge in [0.2, 0.25) is 5.78 Å². The summed E-state index contributed by atoms with van der Waals surface area (Å²) < 4.78 is 5.21. The molecule has 0 radical (unpaired) electrons. The Morgan fingerprint density at radius 1 is 1.29 bits per heavy atom. The number of Topliss-reactive ketones (excluding diaryl/α,β-unsaturated/α-hetero) is 2. The third-order valence-electron chi connectivity index (χ3n) is 5.06. The Bertz CT molecular complexity index is 919. The molecule has 0 aliphatic rings. The molecule has 0 spiro atoms. The fraction of sp³-hybridized carbons (Fsp3) is 0.385. The molecule has 0 saturated carbocycles. The Labute approximate surface area is 185 Å². The van der Waals surface area contributed by atoms with E-state index in [0.29, 0.717) is 29.9 Å². The number of rotatable bonds is 14. The van der Waals surface area contributed by atoms with Gasteiger partial charge in [-0.05, 0) is 49.5 Å². The first kappa shape index (κ1) is 25.8. The molecule has 1 aromatic carbocycles. The fourth-order valence-corrected chi connectivity index (χ4v) is 3.05. The molecule has 0 saturated heterocycles. The van der Waals surface area contributed by atoms with Crippen molar-refractivity contribution in [3.63, 3.8) is 0 Å². The number of ketones is 2. The van der Waals surface area contributed by atoms with Crippen LogP contribution in [0.25, 0.3) is 6.08 Å². The SMILES string of the molecule is C#CCC(=N)C(=C)CCCCC(C)C(=O)C/C=C/c1ccc(OC)c(C(=O)C(C)=N)c1. The molecule has 5 nitrogen and oxygen atoms in total. The molecule has 0 heterocycles. The van der Waals surface area contributed by atoms with Crippen LogP contribution in [0.4, 0.5) is 0 Å². The van der Waals surface area contributed by atoms with Crippen LogP contribution >= 0.6 is 0 Å². The van der Waals surface area contributed by atoms with Gasteiger partial charge in [0.05, 0.1) is 24.8 Å². The van der Waals surface area contributed by atoms with E-state index in [1.54, 1.807) is 24.3 Å². The molecular formula is C26H32N2O3. The van der Waals surface area contributed by atoms with Crippen LogP contribution in [0.3, 0.4) is 0 Å². The average molecular weight is 421 g/mol. The zero-order valence-corrected chi connectivity index (χ0v) is 18.7. The minimum absolute atomic E-state index is 0.0448. The molecule has 31 heavy (non-hydrogen) atoms. The second kappa shape index (κ2) is 13.1. The standard InChI is InChI=1S/C26H32N2O3/c1-6-10-23(28)18(2)11-7-8-12-19(3)24(29)14-9-13-21-15-16-25(31-5)22(17-21)26(30)20(4)27/h1,9,13,15-17,19,27-28H,2,7-8,10-12,14H2,3-5H3/b13-9+,27-20?,28-23?. The highest BCUT2D eigenvalue weighted by molar-refractivity contribution is 6.44. The van der Waals surface area contributed by atoms with E-state index < -0.39 is 0 Å². The number of benzene rings is 1. The Kier molecular flexibility index (Phi) is 10.9. The van der Waals surface area contributed by atoms with Crippen LogP contribution < -0.4 is 4.74 Å². The van der Waals surface area contributed by atoms with Crippen molar-refractivity contribution in [2.24, 2.45) is 5.92 Å². The number of allylic oxidation sites excluding steroid dienone is 2. The van der Waals surface area contributed by atoms with E-state index in [0.717, 1.165) is 36.8 Å². The van der Waals surface area contributed by atoms with Gasteiger partial charge in [-0.2, -0.15) is 0 Å². The molecule has 2 N–H and O–H groups in total. The Balaban J connectivity index is 2.54. The molecule has 0 aliphatic carbocycles. The Morgan fingerprint density at radius 3 is 2.61 bits per heavy atom. The van der Waals surface area contributed by atoms with Crippen molar-refractivity contribution in [3.05, 3.63) is 47.6 Å². The first-order valence-electron chi connectivity index (χ1n) is 10.4. The summed E-state index contributed by atoms with van der Waals surface area (Å²) in [6.45, 7) is 7.27. The van der Waals surface area contributed by atoms with Gasteiger partial charge in [-0.25, -0.2) is 0 Å². The average Bonchev–Trinajstić information content (AvgIpc) is 2.75. The largest absolute Gasteiger partial charge is 0.496 e. The third kappa shape index (κ3) is 8.55. The molecule has 0 amide bonds. The number of nitrogens with one attached hydrogen (secondary N) is 2. The normalized spacial score (nSPS) is 11.5. The van der Waals surface area contributed by atoms with Crippen LogP contribution in [0.15, 0.2) is 36.4 Å². The van der Waals surface area contributed by atoms with Crippen molar-refractivity contribution in [2.75, 3.05) is 7.11 Å². The molecule has 164 valence electrons. The predicted molar refractivity (Wildman–Crippen MR) is 127 cm³/mol. The van der Waals surface area contributed by atoms with E-state index in [9.17, 15) is 9.59 Å². The lowest BCUT2D eigenvalue weighted by molar-refractivity contribution is -0.121. The molecule has 1 aromatic rings. The van der Waals surface area contributed by atoms with Gasteiger partial charge in [0.25, 0.3) is 0 Å². The minimum Gasteiger partial charge on any atom is -0.496 e. The van der Waals surface area contributed by atoms with Crippen molar-refractivity contribution in [2.45, 2.75) is 52.4 Å². The van der Waals surface area contributed by atoms with Crippen LogP contribution in [0.5, 0.6) is 5.75 Å². The summed E-state index contributed by atoms with van der Waals surface area (Å²) in [5.74, 6) is 2.62. The summed E-state index contributed by atoms with van der Waals surface area (Å²) in [5.41, 5.74) is 2.25. The van der Waals surface area contributed by atoms with Crippen molar-refractivity contribution >= 4 is 29.1 Å². The molecule has 1 rings (SSSR count). The highest BCUT2D eigenvalue weighted by Crippen LogP contribution is 2.22. The first-order valence-corrected chi connectivity index (χ1v) is 10.4. The van der Waals surface area contributed by atoms with Gasteiger partial charge in [0.15, 0.2) is 0 Å². The second-order valence-corrected chi connectivity index (χ2v) is 7.60. The summed E-state index contributed by atoms with van der Waals surface area (Å²) in [6.07, 6.45) is 12.8. The van der Waals surface area contributed by atoms with Crippen molar-refractivity contribution < 1.29 is 14.3 Å². The number of terminal acetylenes is 1. The lowest BCUT2D eigenvalue weighted by atomic mass is 9.95.